The number of aromatic nitrogens is 4. The second kappa shape index (κ2) is 4.66. The third kappa shape index (κ3) is 1.96. The predicted molar refractivity (Wildman–Crippen MR) is 83.4 cm³/mol. The number of thioether (sulfide) groups is 1. The summed E-state index contributed by atoms with van der Waals surface area (Å²) in [5, 5.41) is 4.58. The summed E-state index contributed by atoms with van der Waals surface area (Å²) in [5.41, 5.74) is 3.36. The summed E-state index contributed by atoms with van der Waals surface area (Å²) in [6.45, 7) is 3.13. The molecule has 6 heteroatoms. The number of nitrogens with one attached hydrogen (secondary N) is 1. The Morgan fingerprint density at radius 2 is 2.21 bits per heavy atom. The molecule has 0 radical (unpaired) electrons. The average Bonchev–Trinajstić information content (AvgIpc) is 2.82. The van der Waals surface area contributed by atoms with Crippen LogP contribution in [0.5, 0.6) is 0 Å². The van der Waals surface area contributed by atoms with Gasteiger partial charge in [-0.2, -0.15) is 16.9 Å². The molecular weight excluding hydrogens is 276 g/mol. The SMILES string of the molecule is CCc1nn(C)c2c1[nH]c(=S)n2CC1(SC)CCC1. The Balaban J connectivity index is 2.10. The number of hydrogen-bond acceptors (Lipinski definition) is 3. The first-order chi connectivity index (χ1) is 9.10. The summed E-state index contributed by atoms with van der Waals surface area (Å²) in [5.74, 6) is 0. The normalized spacial score (nSPS) is 17.8. The van der Waals surface area contributed by atoms with E-state index in [-0.39, 0.29) is 0 Å². The highest BCUT2D eigenvalue weighted by molar-refractivity contribution is 8.00. The van der Waals surface area contributed by atoms with Gasteiger partial charge in [0, 0.05) is 18.3 Å². The number of nitrogens with zero attached hydrogens (tertiary/aromatic N) is 3. The molecule has 0 aromatic carbocycles. The van der Waals surface area contributed by atoms with Crippen molar-refractivity contribution in [1.82, 2.24) is 19.3 Å². The fourth-order valence-electron chi connectivity index (χ4n) is 2.96. The Hall–Kier alpha value is -0.750. The van der Waals surface area contributed by atoms with Crippen molar-refractivity contribution in [2.24, 2.45) is 7.05 Å². The van der Waals surface area contributed by atoms with Crippen LogP contribution in [-0.2, 0) is 20.0 Å². The van der Waals surface area contributed by atoms with E-state index in [1.165, 1.54) is 19.3 Å². The highest BCUT2D eigenvalue weighted by Gasteiger charge is 2.37. The van der Waals surface area contributed by atoms with Gasteiger partial charge in [-0.25, -0.2) is 0 Å². The molecule has 0 unspecified atom stereocenters. The summed E-state index contributed by atoms with van der Waals surface area (Å²) in [6.07, 6.45) is 7.07. The molecule has 2 aromatic heterocycles. The minimum Gasteiger partial charge on any atom is -0.328 e. The first-order valence-corrected chi connectivity index (χ1v) is 8.43. The van der Waals surface area contributed by atoms with Gasteiger partial charge in [-0.3, -0.25) is 4.68 Å². The van der Waals surface area contributed by atoms with Crippen molar-refractivity contribution in [3.63, 3.8) is 0 Å². The van der Waals surface area contributed by atoms with Gasteiger partial charge in [-0.05, 0) is 37.7 Å². The molecule has 3 rings (SSSR count). The zero-order valence-corrected chi connectivity index (χ0v) is 13.3. The van der Waals surface area contributed by atoms with Crippen LogP contribution in [0.25, 0.3) is 11.2 Å². The number of aromatic amines is 1. The molecule has 2 aromatic rings. The smallest absolute Gasteiger partial charge is 0.179 e. The minimum absolute atomic E-state index is 0.379. The Morgan fingerprint density at radius 3 is 2.74 bits per heavy atom. The standard InChI is InChI=1S/C13H20N4S2/c1-4-9-10-11(16(2)15-9)17(12(18)14-10)8-13(19-3)6-5-7-13/h4-8H2,1-3H3,(H,14,18). The van der Waals surface area contributed by atoms with Crippen molar-refractivity contribution in [3.8, 4) is 0 Å². The lowest BCUT2D eigenvalue weighted by atomic mass is 9.84. The van der Waals surface area contributed by atoms with Gasteiger partial charge in [0.05, 0.1) is 5.69 Å². The second-order valence-electron chi connectivity index (χ2n) is 5.38. The lowest BCUT2D eigenvalue weighted by Gasteiger charge is -2.40. The predicted octanol–water partition coefficient (Wildman–Crippen LogP) is 3.28. The molecule has 1 saturated carbocycles. The Bertz CT molecular complexity index is 655. The van der Waals surface area contributed by atoms with Gasteiger partial charge in [0.15, 0.2) is 10.4 Å². The van der Waals surface area contributed by atoms with Gasteiger partial charge < -0.3 is 9.55 Å². The zero-order valence-electron chi connectivity index (χ0n) is 11.7. The van der Waals surface area contributed by atoms with Crippen LogP contribution >= 0.6 is 24.0 Å². The largest absolute Gasteiger partial charge is 0.328 e. The fourth-order valence-corrected chi connectivity index (χ4v) is 4.17. The number of fused-ring (bicyclic) bond motifs is 1. The number of aryl methyl sites for hydroxylation is 2. The third-order valence-corrected chi connectivity index (χ3v) is 6.03. The average molecular weight is 296 g/mol. The summed E-state index contributed by atoms with van der Waals surface area (Å²) >= 11 is 7.50. The number of H-pyrrole nitrogens is 1. The lowest BCUT2D eigenvalue weighted by molar-refractivity contribution is 0.322. The molecule has 4 nitrogen and oxygen atoms in total. The van der Waals surface area contributed by atoms with Gasteiger partial charge in [0.25, 0.3) is 0 Å². The quantitative estimate of drug-likeness (QED) is 0.880. The van der Waals surface area contributed by atoms with Crippen molar-refractivity contribution in [2.75, 3.05) is 6.26 Å². The van der Waals surface area contributed by atoms with Crippen LogP contribution in [0.2, 0.25) is 0 Å². The molecule has 0 aliphatic heterocycles. The van der Waals surface area contributed by atoms with Crippen molar-refractivity contribution < 1.29 is 0 Å². The second-order valence-corrected chi connectivity index (χ2v) is 7.04. The molecule has 1 aliphatic carbocycles. The molecule has 0 bridgehead atoms. The number of imidazole rings is 1. The molecule has 2 heterocycles. The van der Waals surface area contributed by atoms with E-state index in [1.54, 1.807) is 0 Å². The van der Waals surface area contributed by atoms with Crippen LogP contribution in [0, 0.1) is 4.77 Å². The molecule has 1 N–H and O–H groups in total. The maximum Gasteiger partial charge on any atom is 0.179 e. The van der Waals surface area contributed by atoms with E-state index in [4.69, 9.17) is 12.2 Å². The van der Waals surface area contributed by atoms with Gasteiger partial charge in [-0.1, -0.05) is 13.3 Å². The molecule has 0 amide bonds. The Kier molecular flexibility index (Phi) is 3.25. The van der Waals surface area contributed by atoms with Crippen LogP contribution in [0.15, 0.2) is 0 Å². The maximum absolute atomic E-state index is 5.52. The zero-order chi connectivity index (χ0) is 13.6. The fraction of sp³-hybridized carbons (Fsp3) is 0.692. The monoisotopic (exact) mass is 296 g/mol. The van der Waals surface area contributed by atoms with Crippen LogP contribution in [0.1, 0.15) is 31.9 Å². The molecule has 0 spiro atoms. The van der Waals surface area contributed by atoms with Crippen molar-refractivity contribution >= 4 is 35.1 Å². The van der Waals surface area contributed by atoms with Crippen LogP contribution in [0.3, 0.4) is 0 Å². The maximum atomic E-state index is 5.52. The minimum atomic E-state index is 0.379. The summed E-state index contributed by atoms with van der Waals surface area (Å²) in [7, 11) is 2.01. The van der Waals surface area contributed by atoms with Crippen molar-refractivity contribution in [2.45, 2.75) is 43.9 Å². The summed E-state index contributed by atoms with van der Waals surface area (Å²) < 4.78 is 5.42. The molecule has 0 saturated heterocycles. The highest BCUT2D eigenvalue weighted by Crippen LogP contribution is 2.44. The number of rotatable bonds is 4. The van der Waals surface area contributed by atoms with E-state index in [9.17, 15) is 0 Å². The molecule has 0 atom stereocenters. The Labute approximate surface area is 122 Å². The molecule has 104 valence electrons. The molecule has 1 fully saturated rings. The van der Waals surface area contributed by atoms with Gasteiger partial charge in [-0.15, -0.1) is 0 Å². The van der Waals surface area contributed by atoms with E-state index in [2.05, 4.69) is 27.8 Å². The van der Waals surface area contributed by atoms with Gasteiger partial charge >= 0.3 is 0 Å². The van der Waals surface area contributed by atoms with Crippen molar-refractivity contribution in [1.29, 1.82) is 0 Å². The van der Waals surface area contributed by atoms with E-state index in [0.29, 0.717) is 4.75 Å². The van der Waals surface area contributed by atoms with E-state index in [0.717, 1.165) is 34.6 Å². The molecule has 19 heavy (non-hydrogen) atoms. The summed E-state index contributed by atoms with van der Waals surface area (Å²) in [4.78, 5) is 3.35. The summed E-state index contributed by atoms with van der Waals surface area (Å²) in [6, 6.07) is 0. The first-order valence-electron chi connectivity index (χ1n) is 6.80. The third-order valence-electron chi connectivity index (χ3n) is 4.30. The van der Waals surface area contributed by atoms with Crippen LogP contribution in [-0.4, -0.2) is 30.3 Å². The molecule has 1 aliphatic rings. The van der Waals surface area contributed by atoms with Gasteiger partial charge in [0.1, 0.15) is 5.52 Å². The molecular formula is C13H20N4S2. The van der Waals surface area contributed by atoms with Crippen LogP contribution in [0.4, 0.5) is 0 Å². The first kappa shape index (κ1) is 13.2. The topological polar surface area (TPSA) is 38.5 Å². The van der Waals surface area contributed by atoms with E-state index < -0.39 is 0 Å². The lowest BCUT2D eigenvalue weighted by Crippen LogP contribution is -2.37. The van der Waals surface area contributed by atoms with E-state index in [1.807, 2.05) is 23.5 Å². The number of hydrogen-bond donors (Lipinski definition) is 1. The van der Waals surface area contributed by atoms with Crippen molar-refractivity contribution in [3.05, 3.63) is 10.5 Å². The van der Waals surface area contributed by atoms with Gasteiger partial charge in [0.2, 0.25) is 0 Å². The van der Waals surface area contributed by atoms with E-state index >= 15 is 0 Å². The Morgan fingerprint density at radius 1 is 1.47 bits per heavy atom. The highest BCUT2D eigenvalue weighted by atomic mass is 32.2. The van der Waals surface area contributed by atoms with Crippen LogP contribution < -0.4 is 0 Å².